The normalized spacial score (nSPS) is 24.1. The second-order valence-corrected chi connectivity index (χ2v) is 11.1. The molecule has 2 aliphatic rings. The molecular weight excluding hydrogens is 506 g/mol. The first-order valence-electron chi connectivity index (χ1n) is 11.7. The molecule has 0 unspecified atom stereocenters. The number of nitrogens with zero attached hydrogens (tertiary/aromatic N) is 3. The number of halogens is 2. The summed E-state index contributed by atoms with van der Waals surface area (Å²) in [5.74, 6) is -1.79. The Labute approximate surface area is 212 Å². The fourth-order valence-corrected chi connectivity index (χ4v) is 5.80. The summed E-state index contributed by atoms with van der Waals surface area (Å²) in [6, 6.07) is 10.2. The highest BCUT2D eigenvalue weighted by Crippen LogP contribution is 2.40. The standard InChI is InChI=1S/C25H26F2N4O5S/c1-37(33,34)31-22-12-30(17-10-21(28)24(35-14-17)18-9-16(26)7-8-20(18)27)23(19(22)11-29-31)25(32)36-13-15-5-3-2-4-6-15/h2-9,11,17,21,23-24H,10,12-14,28H2,1H3/t17-,21+,23-,24-/m1/s1. The van der Waals surface area contributed by atoms with E-state index in [4.69, 9.17) is 15.2 Å². The minimum atomic E-state index is -3.71. The van der Waals surface area contributed by atoms with Crippen molar-refractivity contribution in [1.82, 2.24) is 14.1 Å². The number of ether oxygens (including phenoxy) is 2. The van der Waals surface area contributed by atoms with Crippen LogP contribution in [0.3, 0.4) is 0 Å². The van der Waals surface area contributed by atoms with Gasteiger partial charge in [-0.2, -0.15) is 9.19 Å². The van der Waals surface area contributed by atoms with Crippen molar-refractivity contribution >= 4 is 16.0 Å². The topological polar surface area (TPSA) is 117 Å². The van der Waals surface area contributed by atoms with E-state index in [1.807, 2.05) is 30.3 Å². The molecule has 0 spiro atoms. The van der Waals surface area contributed by atoms with Crippen LogP contribution in [-0.4, -0.2) is 53.4 Å². The van der Waals surface area contributed by atoms with Gasteiger partial charge in [-0.05, 0) is 30.2 Å². The minimum Gasteiger partial charge on any atom is -0.459 e. The maximum atomic E-state index is 14.4. The van der Waals surface area contributed by atoms with Gasteiger partial charge >= 0.3 is 5.97 Å². The Bertz CT molecular complexity index is 1420. The summed E-state index contributed by atoms with van der Waals surface area (Å²) in [6.45, 7) is 0.196. The van der Waals surface area contributed by atoms with Gasteiger partial charge in [0.1, 0.15) is 30.4 Å². The average Bonchev–Trinajstić information content (AvgIpc) is 3.44. The highest BCUT2D eigenvalue weighted by molar-refractivity contribution is 7.89. The van der Waals surface area contributed by atoms with Crippen LogP contribution in [0.5, 0.6) is 0 Å². The number of hydrogen-bond donors (Lipinski definition) is 1. The van der Waals surface area contributed by atoms with Crippen LogP contribution in [0, 0.1) is 11.6 Å². The van der Waals surface area contributed by atoms with E-state index < -0.39 is 51.9 Å². The molecule has 5 rings (SSSR count). The van der Waals surface area contributed by atoms with Crippen LogP contribution >= 0.6 is 0 Å². The molecule has 0 bridgehead atoms. The van der Waals surface area contributed by atoms with Crippen LogP contribution in [0.2, 0.25) is 0 Å². The second kappa shape index (κ2) is 9.93. The number of aromatic nitrogens is 2. The van der Waals surface area contributed by atoms with E-state index in [9.17, 15) is 22.0 Å². The first-order chi connectivity index (χ1) is 17.6. The lowest BCUT2D eigenvalue weighted by Gasteiger charge is -2.40. The van der Waals surface area contributed by atoms with Gasteiger partial charge in [0.25, 0.3) is 10.0 Å². The van der Waals surface area contributed by atoms with Crippen molar-refractivity contribution in [2.24, 2.45) is 5.73 Å². The van der Waals surface area contributed by atoms with E-state index in [0.29, 0.717) is 17.7 Å². The Morgan fingerprint density at radius 2 is 1.95 bits per heavy atom. The van der Waals surface area contributed by atoms with Crippen LogP contribution in [0.15, 0.2) is 54.7 Å². The number of fused-ring (bicyclic) bond motifs is 1. The monoisotopic (exact) mass is 532 g/mol. The SMILES string of the molecule is CS(=O)(=O)n1ncc2c1CN([C@H]1CO[C@H](c3cc(F)ccc3F)[C@@H](N)C1)[C@H]2C(=O)OCc1ccccc1. The molecule has 0 saturated carbocycles. The number of benzene rings is 2. The maximum Gasteiger partial charge on any atom is 0.328 e. The zero-order valence-corrected chi connectivity index (χ0v) is 20.8. The van der Waals surface area contributed by atoms with Gasteiger partial charge in [0.2, 0.25) is 0 Å². The Morgan fingerprint density at radius 3 is 2.65 bits per heavy atom. The number of hydrogen-bond acceptors (Lipinski definition) is 8. The van der Waals surface area contributed by atoms with Crippen LogP contribution < -0.4 is 5.73 Å². The molecule has 37 heavy (non-hydrogen) atoms. The molecule has 1 saturated heterocycles. The van der Waals surface area contributed by atoms with E-state index in [1.165, 1.54) is 6.20 Å². The van der Waals surface area contributed by atoms with Crippen molar-refractivity contribution in [3.63, 3.8) is 0 Å². The number of carbonyl (C=O) groups is 1. The zero-order chi connectivity index (χ0) is 26.3. The molecule has 2 aliphatic heterocycles. The highest BCUT2D eigenvalue weighted by atomic mass is 32.2. The third-order valence-corrected chi connectivity index (χ3v) is 7.66. The van der Waals surface area contributed by atoms with Gasteiger partial charge in [-0.25, -0.2) is 22.0 Å². The van der Waals surface area contributed by atoms with Gasteiger partial charge in [0.15, 0.2) is 0 Å². The average molecular weight is 533 g/mol. The molecule has 196 valence electrons. The third-order valence-electron chi connectivity index (χ3n) is 6.72. The summed E-state index contributed by atoms with van der Waals surface area (Å²) in [4.78, 5) is 15.1. The number of esters is 1. The lowest BCUT2D eigenvalue weighted by atomic mass is 9.93. The van der Waals surface area contributed by atoms with Crippen molar-refractivity contribution < 1.29 is 31.5 Å². The van der Waals surface area contributed by atoms with E-state index >= 15 is 0 Å². The molecule has 3 aromatic rings. The van der Waals surface area contributed by atoms with Crippen molar-refractivity contribution in [2.45, 2.75) is 43.8 Å². The predicted molar refractivity (Wildman–Crippen MR) is 128 cm³/mol. The lowest BCUT2D eigenvalue weighted by molar-refractivity contribution is -0.154. The number of rotatable bonds is 6. The van der Waals surface area contributed by atoms with E-state index in [1.54, 1.807) is 4.90 Å². The maximum absolute atomic E-state index is 14.4. The van der Waals surface area contributed by atoms with Crippen LogP contribution in [0.4, 0.5) is 8.78 Å². The summed E-state index contributed by atoms with van der Waals surface area (Å²) in [5, 5.41) is 3.99. The van der Waals surface area contributed by atoms with Gasteiger partial charge in [-0.3, -0.25) is 4.90 Å². The first kappa shape index (κ1) is 25.5. The first-order valence-corrected chi connectivity index (χ1v) is 13.5. The molecule has 0 radical (unpaired) electrons. The van der Waals surface area contributed by atoms with E-state index in [-0.39, 0.29) is 25.3 Å². The zero-order valence-electron chi connectivity index (χ0n) is 20.0. The summed E-state index contributed by atoms with van der Waals surface area (Å²) in [7, 11) is -3.71. The molecule has 1 fully saturated rings. The summed E-state index contributed by atoms with van der Waals surface area (Å²) >= 11 is 0. The van der Waals surface area contributed by atoms with Crippen molar-refractivity contribution in [3.05, 3.63) is 88.7 Å². The minimum absolute atomic E-state index is 0.0298. The smallest absolute Gasteiger partial charge is 0.328 e. The van der Waals surface area contributed by atoms with E-state index in [2.05, 4.69) is 5.10 Å². The fourth-order valence-electron chi connectivity index (χ4n) is 5.02. The molecule has 0 amide bonds. The Kier molecular flexibility index (Phi) is 6.84. The van der Waals surface area contributed by atoms with Crippen molar-refractivity contribution in [1.29, 1.82) is 0 Å². The van der Waals surface area contributed by atoms with Crippen LogP contribution in [0.1, 0.15) is 41.0 Å². The molecule has 3 heterocycles. The van der Waals surface area contributed by atoms with Crippen LogP contribution in [-0.2, 0) is 37.4 Å². The summed E-state index contributed by atoms with van der Waals surface area (Å²) in [5.41, 5.74) is 7.97. The second-order valence-electron chi connectivity index (χ2n) is 9.29. The Morgan fingerprint density at radius 1 is 1.19 bits per heavy atom. The van der Waals surface area contributed by atoms with Gasteiger partial charge in [0.05, 0.1) is 24.8 Å². The molecule has 0 aliphatic carbocycles. The van der Waals surface area contributed by atoms with Crippen molar-refractivity contribution in [2.75, 3.05) is 12.9 Å². The van der Waals surface area contributed by atoms with Crippen LogP contribution in [0.25, 0.3) is 0 Å². The predicted octanol–water partition coefficient (Wildman–Crippen LogP) is 2.43. The highest BCUT2D eigenvalue weighted by Gasteiger charge is 2.46. The van der Waals surface area contributed by atoms with E-state index in [0.717, 1.165) is 34.1 Å². The molecule has 12 heteroatoms. The molecular formula is C25H26F2N4O5S. The Hall–Kier alpha value is -3.19. The van der Waals surface area contributed by atoms with Gasteiger partial charge < -0.3 is 15.2 Å². The van der Waals surface area contributed by atoms with Gasteiger partial charge in [-0.1, -0.05) is 30.3 Å². The number of carbonyl (C=O) groups excluding carboxylic acids is 1. The molecule has 1 aromatic heterocycles. The molecule has 2 N–H and O–H groups in total. The largest absolute Gasteiger partial charge is 0.459 e. The third kappa shape index (κ3) is 5.01. The van der Waals surface area contributed by atoms with Crippen molar-refractivity contribution in [3.8, 4) is 0 Å². The van der Waals surface area contributed by atoms with Gasteiger partial charge in [0, 0.05) is 29.8 Å². The lowest BCUT2D eigenvalue weighted by Crippen LogP contribution is -2.50. The Balaban J connectivity index is 1.40. The fraction of sp³-hybridized carbons (Fsp3) is 0.360. The molecule has 9 nitrogen and oxygen atoms in total. The molecule has 2 aromatic carbocycles. The van der Waals surface area contributed by atoms with Gasteiger partial charge in [-0.15, -0.1) is 0 Å². The molecule has 4 atom stereocenters. The number of nitrogens with two attached hydrogens (primary N) is 1. The quantitative estimate of drug-likeness (QED) is 0.481. The summed E-state index contributed by atoms with van der Waals surface area (Å²) in [6.07, 6.45) is 1.81. The summed E-state index contributed by atoms with van der Waals surface area (Å²) < 4.78 is 65.1.